The number of hydrogen-bond acceptors (Lipinski definition) is 2. The first-order valence-electron chi connectivity index (χ1n) is 6.88. The number of aliphatic imine (C=N–C) groups is 1. The summed E-state index contributed by atoms with van der Waals surface area (Å²) in [7, 11) is 0. The summed E-state index contributed by atoms with van der Waals surface area (Å²) in [5, 5.41) is 9.10. The van der Waals surface area contributed by atoms with Crippen molar-refractivity contribution in [1.29, 1.82) is 5.41 Å². The first kappa shape index (κ1) is 15.9. The van der Waals surface area contributed by atoms with Gasteiger partial charge in [-0.2, -0.15) is 0 Å². The third-order valence-corrected chi connectivity index (χ3v) is 4.27. The van der Waals surface area contributed by atoms with Gasteiger partial charge in [0.15, 0.2) is 0 Å². The van der Waals surface area contributed by atoms with Gasteiger partial charge >= 0.3 is 0 Å². The van der Waals surface area contributed by atoms with Crippen molar-refractivity contribution in [2.24, 2.45) is 10.7 Å². The Labute approximate surface area is 134 Å². The number of guanidine groups is 1. The molecule has 2 rings (SSSR count). The maximum Gasteiger partial charge on any atom is 0.219 e. The van der Waals surface area contributed by atoms with Crippen LogP contribution in [0.4, 0.5) is 5.69 Å². The van der Waals surface area contributed by atoms with Crippen molar-refractivity contribution >= 4 is 40.7 Å². The molecule has 0 radical (unpaired) electrons. The molecule has 0 amide bonds. The molecule has 1 aliphatic heterocycles. The molecule has 1 saturated heterocycles. The number of halogens is 2. The van der Waals surface area contributed by atoms with E-state index in [1.165, 1.54) is 0 Å². The number of nitrogens with two attached hydrogens (primary N) is 1. The van der Waals surface area contributed by atoms with Gasteiger partial charge in [0.25, 0.3) is 0 Å². The van der Waals surface area contributed by atoms with Crippen LogP contribution in [-0.4, -0.2) is 42.9 Å². The third kappa shape index (κ3) is 3.80. The number of nitrogens with one attached hydrogen (secondary N) is 1. The topological polar surface area (TPSA) is 68.7 Å². The highest BCUT2D eigenvalue weighted by Gasteiger charge is 2.21. The van der Waals surface area contributed by atoms with Crippen LogP contribution in [0.2, 0.25) is 10.0 Å². The van der Waals surface area contributed by atoms with Gasteiger partial charge in [-0.15, -0.1) is 0 Å². The maximum atomic E-state index is 7.96. The van der Waals surface area contributed by atoms with Gasteiger partial charge in [-0.25, -0.2) is 4.99 Å². The van der Waals surface area contributed by atoms with E-state index >= 15 is 0 Å². The Kier molecular flexibility index (Phi) is 5.31. The molecule has 0 saturated carbocycles. The van der Waals surface area contributed by atoms with Gasteiger partial charge < -0.3 is 15.5 Å². The first-order valence-corrected chi connectivity index (χ1v) is 7.64. The zero-order chi connectivity index (χ0) is 15.4. The lowest BCUT2D eigenvalue weighted by Gasteiger charge is -2.36. The van der Waals surface area contributed by atoms with Crippen molar-refractivity contribution in [3.8, 4) is 0 Å². The van der Waals surface area contributed by atoms with E-state index in [0.29, 0.717) is 35.4 Å². The van der Waals surface area contributed by atoms with Crippen molar-refractivity contribution in [2.75, 3.05) is 31.1 Å². The van der Waals surface area contributed by atoms with Gasteiger partial charge in [-0.1, -0.05) is 36.2 Å². The Morgan fingerprint density at radius 1 is 1.29 bits per heavy atom. The van der Waals surface area contributed by atoms with Crippen molar-refractivity contribution < 1.29 is 0 Å². The van der Waals surface area contributed by atoms with Gasteiger partial charge in [0.1, 0.15) is 5.84 Å². The predicted octanol–water partition coefficient (Wildman–Crippen LogP) is 2.82. The number of piperazine rings is 1. The SMILES string of the molecule is CC/C(N)=N/C(=N)N1CCN(c2cccc(Cl)c2Cl)CC1. The van der Waals surface area contributed by atoms with E-state index < -0.39 is 0 Å². The molecule has 0 aliphatic carbocycles. The lowest BCUT2D eigenvalue weighted by molar-refractivity contribution is 0.380. The normalized spacial score (nSPS) is 16.2. The average Bonchev–Trinajstić information content (AvgIpc) is 2.50. The Balaban J connectivity index is 2.00. The molecule has 1 fully saturated rings. The van der Waals surface area contributed by atoms with Crippen molar-refractivity contribution in [3.63, 3.8) is 0 Å². The fraction of sp³-hybridized carbons (Fsp3) is 0.429. The molecule has 0 unspecified atom stereocenters. The van der Waals surface area contributed by atoms with Gasteiger partial charge in [0, 0.05) is 32.6 Å². The number of benzene rings is 1. The Morgan fingerprint density at radius 3 is 2.57 bits per heavy atom. The quantitative estimate of drug-likeness (QED) is 0.648. The second kappa shape index (κ2) is 7.00. The van der Waals surface area contributed by atoms with Gasteiger partial charge in [0.05, 0.1) is 15.7 Å². The summed E-state index contributed by atoms with van der Waals surface area (Å²) in [6.45, 7) is 4.88. The van der Waals surface area contributed by atoms with Crippen LogP contribution in [0.25, 0.3) is 0 Å². The summed E-state index contributed by atoms with van der Waals surface area (Å²) in [5.74, 6) is 0.714. The molecule has 1 aromatic carbocycles. The molecule has 3 N–H and O–H groups in total. The molecule has 1 aromatic rings. The van der Waals surface area contributed by atoms with Gasteiger partial charge in [-0.05, 0) is 12.1 Å². The van der Waals surface area contributed by atoms with Crippen LogP contribution in [0.15, 0.2) is 23.2 Å². The molecular formula is C14H19Cl2N5. The van der Waals surface area contributed by atoms with Crippen LogP contribution >= 0.6 is 23.2 Å². The Morgan fingerprint density at radius 2 is 1.95 bits per heavy atom. The summed E-state index contributed by atoms with van der Waals surface area (Å²) < 4.78 is 0. The minimum atomic E-state index is 0.228. The maximum absolute atomic E-state index is 7.96. The molecule has 114 valence electrons. The number of amidine groups is 1. The first-order chi connectivity index (χ1) is 10.0. The number of nitrogens with zero attached hydrogens (tertiary/aromatic N) is 3. The minimum Gasteiger partial charge on any atom is -0.387 e. The van der Waals surface area contributed by atoms with Crippen LogP contribution in [0.1, 0.15) is 13.3 Å². The van der Waals surface area contributed by atoms with Gasteiger partial charge in [-0.3, -0.25) is 5.41 Å². The summed E-state index contributed by atoms with van der Waals surface area (Å²) in [4.78, 5) is 8.17. The van der Waals surface area contributed by atoms with Crippen LogP contribution in [-0.2, 0) is 0 Å². The molecule has 5 nitrogen and oxygen atoms in total. The van der Waals surface area contributed by atoms with E-state index in [1.54, 1.807) is 6.07 Å². The molecule has 0 atom stereocenters. The highest BCUT2D eigenvalue weighted by Crippen LogP contribution is 2.32. The van der Waals surface area contributed by atoms with Gasteiger partial charge in [0.2, 0.25) is 5.96 Å². The van der Waals surface area contributed by atoms with Crippen LogP contribution in [0.5, 0.6) is 0 Å². The number of rotatable bonds is 2. The smallest absolute Gasteiger partial charge is 0.219 e. The Hall–Kier alpha value is -1.46. The Bertz CT molecular complexity index is 550. The largest absolute Gasteiger partial charge is 0.387 e. The molecule has 21 heavy (non-hydrogen) atoms. The number of hydrogen-bond donors (Lipinski definition) is 2. The predicted molar refractivity (Wildman–Crippen MR) is 89.9 cm³/mol. The van der Waals surface area contributed by atoms with Crippen molar-refractivity contribution in [1.82, 2.24) is 4.90 Å². The van der Waals surface area contributed by atoms with E-state index in [1.807, 2.05) is 24.0 Å². The lowest BCUT2D eigenvalue weighted by Crippen LogP contribution is -2.48. The highest BCUT2D eigenvalue weighted by molar-refractivity contribution is 6.43. The molecule has 0 bridgehead atoms. The molecular weight excluding hydrogens is 309 g/mol. The molecule has 0 spiro atoms. The summed E-state index contributed by atoms with van der Waals surface area (Å²) in [5.41, 5.74) is 6.61. The van der Waals surface area contributed by atoms with Crippen LogP contribution in [0, 0.1) is 5.41 Å². The van der Waals surface area contributed by atoms with E-state index in [4.69, 9.17) is 34.3 Å². The van der Waals surface area contributed by atoms with E-state index in [9.17, 15) is 0 Å². The lowest BCUT2D eigenvalue weighted by atomic mass is 10.2. The minimum absolute atomic E-state index is 0.228. The monoisotopic (exact) mass is 327 g/mol. The fourth-order valence-electron chi connectivity index (χ4n) is 2.18. The molecule has 1 aliphatic rings. The fourth-order valence-corrected chi connectivity index (χ4v) is 2.60. The zero-order valence-corrected chi connectivity index (χ0v) is 13.5. The van der Waals surface area contributed by atoms with E-state index in [0.717, 1.165) is 18.8 Å². The zero-order valence-electron chi connectivity index (χ0n) is 11.9. The van der Waals surface area contributed by atoms with Crippen LogP contribution < -0.4 is 10.6 Å². The van der Waals surface area contributed by atoms with E-state index in [2.05, 4.69) is 9.89 Å². The molecule has 0 aromatic heterocycles. The third-order valence-electron chi connectivity index (χ3n) is 3.46. The van der Waals surface area contributed by atoms with Crippen molar-refractivity contribution in [2.45, 2.75) is 13.3 Å². The highest BCUT2D eigenvalue weighted by atomic mass is 35.5. The summed E-state index contributed by atoms with van der Waals surface area (Å²) in [6.07, 6.45) is 0.653. The average molecular weight is 328 g/mol. The molecule has 7 heteroatoms. The molecule has 1 heterocycles. The van der Waals surface area contributed by atoms with E-state index in [-0.39, 0.29) is 5.96 Å². The van der Waals surface area contributed by atoms with Crippen molar-refractivity contribution in [3.05, 3.63) is 28.2 Å². The standard InChI is InChI=1S/C14H19Cl2N5/c1-2-12(17)19-14(18)21-8-6-20(7-9-21)11-5-3-4-10(15)13(11)16/h3-5H,2,6-9H2,1H3,(H3,17,18,19). The van der Waals surface area contributed by atoms with Crippen LogP contribution in [0.3, 0.4) is 0 Å². The number of anilines is 1. The summed E-state index contributed by atoms with van der Waals surface area (Å²) in [6, 6.07) is 5.63. The summed E-state index contributed by atoms with van der Waals surface area (Å²) >= 11 is 12.3. The second-order valence-corrected chi connectivity index (χ2v) is 5.61. The second-order valence-electron chi connectivity index (χ2n) is 4.83.